The van der Waals surface area contributed by atoms with E-state index in [4.69, 9.17) is 17.0 Å². The van der Waals surface area contributed by atoms with E-state index in [-0.39, 0.29) is 0 Å². The van der Waals surface area contributed by atoms with Gasteiger partial charge in [0.2, 0.25) is 0 Å². The van der Waals surface area contributed by atoms with E-state index >= 15 is 0 Å². The van der Waals surface area contributed by atoms with E-state index in [9.17, 15) is 0 Å². The summed E-state index contributed by atoms with van der Waals surface area (Å²) in [6, 6.07) is 4.89. The minimum atomic E-state index is 0.639. The summed E-state index contributed by atoms with van der Waals surface area (Å²) in [7, 11) is 1.70. The molecule has 5 heteroatoms. The van der Waals surface area contributed by atoms with E-state index in [1.54, 1.807) is 18.4 Å². The number of thiophene rings is 1. The number of rotatable bonds is 6. The zero-order chi connectivity index (χ0) is 12.1. The molecule has 1 N–H and O–H groups in total. The number of methoxy groups -OCH3 is 1. The van der Waals surface area contributed by atoms with E-state index in [1.807, 2.05) is 0 Å². The predicted octanol–water partition coefficient (Wildman–Crippen LogP) is 2.23. The molecule has 1 aromatic heterocycles. The molecule has 0 bridgehead atoms. The molecule has 1 heterocycles. The van der Waals surface area contributed by atoms with Crippen LogP contribution in [0.4, 0.5) is 0 Å². The molecule has 0 unspecified atom stereocenters. The first kappa shape index (κ1) is 12.8. The van der Waals surface area contributed by atoms with Crippen molar-refractivity contribution in [1.29, 1.82) is 0 Å². The molecule has 17 heavy (non-hydrogen) atoms. The highest BCUT2D eigenvalue weighted by Crippen LogP contribution is 2.29. The summed E-state index contributed by atoms with van der Waals surface area (Å²) in [5.74, 6) is 0. The normalized spacial score (nSPS) is 14.6. The average molecular weight is 270 g/mol. The molecule has 0 aromatic carbocycles. The highest BCUT2D eigenvalue weighted by atomic mass is 32.1. The van der Waals surface area contributed by atoms with E-state index in [0.717, 1.165) is 18.2 Å². The number of hydrogen-bond acceptors (Lipinski definition) is 3. The fourth-order valence-corrected chi connectivity index (χ4v) is 2.70. The fraction of sp³-hybridized carbons (Fsp3) is 0.583. The van der Waals surface area contributed by atoms with Gasteiger partial charge < -0.3 is 15.0 Å². The molecule has 1 saturated carbocycles. The summed E-state index contributed by atoms with van der Waals surface area (Å²) >= 11 is 7.23. The summed E-state index contributed by atoms with van der Waals surface area (Å²) in [6.07, 6.45) is 2.52. The molecule has 0 amide bonds. The average Bonchev–Trinajstić information content (AvgIpc) is 3.03. The van der Waals surface area contributed by atoms with Gasteiger partial charge in [0.15, 0.2) is 5.11 Å². The maximum Gasteiger partial charge on any atom is 0.169 e. The van der Waals surface area contributed by atoms with E-state index < -0.39 is 0 Å². The zero-order valence-corrected chi connectivity index (χ0v) is 11.6. The van der Waals surface area contributed by atoms with Crippen LogP contribution >= 0.6 is 23.6 Å². The lowest BCUT2D eigenvalue weighted by Gasteiger charge is -2.25. The van der Waals surface area contributed by atoms with E-state index in [1.165, 1.54) is 17.7 Å². The standard InChI is InChI=1S/C12H18N2OS2/c1-15-7-6-13-12(16)14(10-4-5-10)9-11-3-2-8-17-11/h2-3,8,10H,4-7,9H2,1H3,(H,13,16). The summed E-state index contributed by atoms with van der Waals surface area (Å²) in [5, 5.41) is 6.23. The first-order chi connectivity index (χ1) is 8.31. The van der Waals surface area contributed by atoms with Crippen LogP contribution in [-0.4, -0.2) is 36.3 Å². The van der Waals surface area contributed by atoms with Gasteiger partial charge in [0.1, 0.15) is 0 Å². The number of ether oxygens (including phenoxy) is 1. The molecule has 0 aliphatic heterocycles. The molecule has 1 aliphatic carbocycles. The van der Waals surface area contributed by atoms with Gasteiger partial charge in [-0.25, -0.2) is 0 Å². The van der Waals surface area contributed by atoms with Crippen LogP contribution < -0.4 is 5.32 Å². The molecule has 0 spiro atoms. The second-order valence-corrected chi connectivity index (χ2v) is 5.58. The van der Waals surface area contributed by atoms with Crippen molar-refractivity contribution in [2.75, 3.05) is 20.3 Å². The lowest BCUT2D eigenvalue weighted by atomic mass is 10.4. The van der Waals surface area contributed by atoms with Gasteiger partial charge >= 0.3 is 0 Å². The fourth-order valence-electron chi connectivity index (χ4n) is 1.68. The minimum Gasteiger partial charge on any atom is -0.383 e. The summed E-state index contributed by atoms with van der Waals surface area (Å²) < 4.78 is 5.02. The largest absolute Gasteiger partial charge is 0.383 e. The maximum absolute atomic E-state index is 5.44. The number of hydrogen-bond donors (Lipinski definition) is 1. The molecular weight excluding hydrogens is 252 g/mol. The summed E-state index contributed by atoms with van der Waals surface area (Å²) in [4.78, 5) is 3.67. The summed E-state index contributed by atoms with van der Waals surface area (Å²) in [5.41, 5.74) is 0. The van der Waals surface area contributed by atoms with E-state index in [2.05, 4.69) is 27.7 Å². The second kappa shape index (κ2) is 6.33. The van der Waals surface area contributed by atoms with Crippen LogP contribution in [0.15, 0.2) is 17.5 Å². The van der Waals surface area contributed by atoms with Crippen LogP contribution in [0.5, 0.6) is 0 Å². The Bertz CT molecular complexity index is 349. The number of thiocarbonyl (C=S) groups is 1. The Kier molecular flexibility index (Phi) is 4.76. The highest BCUT2D eigenvalue weighted by molar-refractivity contribution is 7.80. The van der Waals surface area contributed by atoms with Gasteiger partial charge in [0.05, 0.1) is 13.2 Å². The van der Waals surface area contributed by atoms with Crippen molar-refractivity contribution in [3.8, 4) is 0 Å². The van der Waals surface area contributed by atoms with Gasteiger partial charge in [-0.05, 0) is 36.5 Å². The van der Waals surface area contributed by atoms with Crippen LogP contribution in [0.2, 0.25) is 0 Å². The molecule has 0 radical (unpaired) electrons. The topological polar surface area (TPSA) is 24.5 Å². The monoisotopic (exact) mass is 270 g/mol. The van der Waals surface area contributed by atoms with Crippen LogP contribution in [0, 0.1) is 0 Å². The van der Waals surface area contributed by atoms with Crippen molar-refractivity contribution >= 4 is 28.7 Å². The molecule has 2 rings (SSSR count). The van der Waals surface area contributed by atoms with Gasteiger partial charge in [0.25, 0.3) is 0 Å². The number of nitrogens with zero attached hydrogens (tertiary/aromatic N) is 1. The zero-order valence-electron chi connectivity index (χ0n) is 10.0. The first-order valence-corrected chi connectivity index (χ1v) is 7.16. The quantitative estimate of drug-likeness (QED) is 0.633. The molecule has 1 aromatic rings. The van der Waals surface area contributed by atoms with Crippen molar-refractivity contribution in [2.45, 2.75) is 25.4 Å². The second-order valence-electron chi connectivity index (χ2n) is 4.16. The summed E-state index contributed by atoms with van der Waals surface area (Å²) in [6.45, 7) is 2.40. The Labute approximate surface area is 112 Å². The molecule has 1 fully saturated rings. The third kappa shape index (κ3) is 3.94. The van der Waals surface area contributed by atoms with Crippen molar-refractivity contribution < 1.29 is 4.74 Å². The van der Waals surface area contributed by atoms with Gasteiger partial charge in [0, 0.05) is 24.6 Å². The van der Waals surface area contributed by atoms with Gasteiger partial charge in [-0.15, -0.1) is 11.3 Å². The van der Waals surface area contributed by atoms with Gasteiger partial charge in [-0.2, -0.15) is 0 Å². The molecular formula is C12H18N2OS2. The van der Waals surface area contributed by atoms with Crippen LogP contribution in [0.25, 0.3) is 0 Å². The first-order valence-electron chi connectivity index (χ1n) is 5.87. The third-order valence-electron chi connectivity index (χ3n) is 2.74. The Hall–Kier alpha value is -0.650. The molecule has 1 aliphatic rings. The predicted molar refractivity (Wildman–Crippen MR) is 75.4 cm³/mol. The van der Waals surface area contributed by atoms with E-state index in [0.29, 0.717) is 12.6 Å². The van der Waals surface area contributed by atoms with Crippen molar-refractivity contribution in [3.63, 3.8) is 0 Å². The van der Waals surface area contributed by atoms with Gasteiger partial charge in [-0.3, -0.25) is 0 Å². The highest BCUT2D eigenvalue weighted by Gasteiger charge is 2.30. The van der Waals surface area contributed by atoms with Crippen LogP contribution in [-0.2, 0) is 11.3 Å². The Morgan fingerprint density at radius 3 is 3.06 bits per heavy atom. The van der Waals surface area contributed by atoms with Crippen molar-refractivity contribution in [3.05, 3.63) is 22.4 Å². The molecule has 0 saturated heterocycles. The Morgan fingerprint density at radius 1 is 1.65 bits per heavy atom. The Morgan fingerprint density at radius 2 is 2.47 bits per heavy atom. The van der Waals surface area contributed by atoms with Crippen molar-refractivity contribution in [1.82, 2.24) is 10.2 Å². The smallest absolute Gasteiger partial charge is 0.169 e. The third-order valence-corrected chi connectivity index (χ3v) is 3.98. The maximum atomic E-state index is 5.44. The SMILES string of the molecule is COCCNC(=S)N(Cc1cccs1)C1CC1. The van der Waals surface area contributed by atoms with Crippen molar-refractivity contribution in [2.24, 2.45) is 0 Å². The lowest BCUT2D eigenvalue weighted by molar-refractivity contribution is 0.202. The molecule has 0 atom stereocenters. The lowest BCUT2D eigenvalue weighted by Crippen LogP contribution is -2.41. The van der Waals surface area contributed by atoms with Crippen LogP contribution in [0.1, 0.15) is 17.7 Å². The van der Waals surface area contributed by atoms with Gasteiger partial charge in [-0.1, -0.05) is 6.07 Å². The minimum absolute atomic E-state index is 0.639. The Balaban J connectivity index is 1.86. The number of nitrogens with one attached hydrogen (secondary N) is 1. The molecule has 94 valence electrons. The van der Waals surface area contributed by atoms with Crippen LogP contribution in [0.3, 0.4) is 0 Å². The molecule has 3 nitrogen and oxygen atoms in total.